The average molecular weight is 668 g/mol. The van der Waals surface area contributed by atoms with E-state index in [0.717, 1.165) is 44.5 Å². The minimum atomic E-state index is -0.685. The number of rotatable bonds is 15. The first kappa shape index (κ1) is 39.2. The maximum atomic E-state index is 13.9. The summed E-state index contributed by atoms with van der Waals surface area (Å²) in [6, 6.07) is 7.79. The van der Waals surface area contributed by atoms with E-state index in [4.69, 9.17) is 4.74 Å². The van der Waals surface area contributed by atoms with Crippen LogP contribution < -0.4 is 5.32 Å². The molecule has 0 spiro atoms. The number of esters is 1. The number of ether oxygens (including phenoxy) is 1. The van der Waals surface area contributed by atoms with Crippen LogP contribution in [0.15, 0.2) is 42.0 Å². The molecule has 1 N–H and O–H groups in total. The van der Waals surface area contributed by atoms with Crippen molar-refractivity contribution in [2.75, 3.05) is 46.8 Å². The molecule has 2 aliphatic rings. The van der Waals surface area contributed by atoms with Crippen LogP contribution in [0.5, 0.6) is 0 Å². The van der Waals surface area contributed by atoms with Crippen molar-refractivity contribution in [1.82, 2.24) is 24.9 Å². The van der Waals surface area contributed by atoms with E-state index in [0.29, 0.717) is 31.5 Å². The molecule has 1 aromatic carbocycles. The Morgan fingerprint density at radius 2 is 1.58 bits per heavy atom. The summed E-state index contributed by atoms with van der Waals surface area (Å²) in [4.78, 5) is 62.3. The Morgan fingerprint density at radius 3 is 2.17 bits per heavy atom. The highest BCUT2D eigenvalue weighted by Gasteiger charge is 2.38. The van der Waals surface area contributed by atoms with Crippen molar-refractivity contribution in [3.8, 4) is 0 Å². The lowest BCUT2D eigenvalue weighted by molar-refractivity contribution is -0.158. The highest BCUT2D eigenvalue weighted by atomic mass is 16.5. The fourth-order valence-corrected chi connectivity index (χ4v) is 6.91. The summed E-state index contributed by atoms with van der Waals surface area (Å²) in [5.41, 5.74) is 1.41. The molecule has 48 heavy (non-hydrogen) atoms. The number of piperidine rings is 1. The van der Waals surface area contributed by atoms with Crippen molar-refractivity contribution < 1.29 is 23.9 Å². The van der Waals surface area contributed by atoms with Crippen LogP contribution in [-0.4, -0.2) is 114 Å². The van der Waals surface area contributed by atoms with Crippen molar-refractivity contribution in [1.29, 1.82) is 0 Å². The lowest BCUT2D eigenvalue weighted by atomic mass is 9.96. The highest BCUT2D eigenvalue weighted by Crippen LogP contribution is 2.26. The number of benzene rings is 1. The smallest absolute Gasteiger partial charge is 0.329 e. The van der Waals surface area contributed by atoms with Crippen molar-refractivity contribution in [2.24, 2.45) is 11.8 Å². The van der Waals surface area contributed by atoms with Crippen LogP contribution in [0.1, 0.15) is 92.2 Å². The van der Waals surface area contributed by atoms with Gasteiger partial charge in [0.25, 0.3) is 0 Å². The summed E-state index contributed by atoms with van der Waals surface area (Å²) in [5, 5.41) is 3.05. The second-order valence-electron chi connectivity index (χ2n) is 14.2. The Morgan fingerprint density at radius 1 is 0.938 bits per heavy atom. The number of hydrogen-bond acceptors (Lipinski definition) is 7. The molecule has 2 saturated heterocycles. The van der Waals surface area contributed by atoms with Crippen LogP contribution in [0.4, 0.5) is 0 Å². The molecular weight excluding hydrogens is 606 g/mol. The zero-order valence-electron chi connectivity index (χ0n) is 30.9. The van der Waals surface area contributed by atoms with Gasteiger partial charge in [0.2, 0.25) is 17.7 Å². The van der Waals surface area contributed by atoms with Gasteiger partial charge < -0.3 is 19.9 Å². The van der Waals surface area contributed by atoms with Crippen molar-refractivity contribution >= 4 is 23.7 Å². The van der Waals surface area contributed by atoms with Gasteiger partial charge in [0.1, 0.15) is 18.2 Å². The zero-order chi connectivity index (χ0) is 35.5. The maximum absolute atomic E-state index is 13.9. The van der Waals surface area contributed by atoms with Gasteiger partial charge in [-0.1, -0.05) is 84.4 Å². The number of carbonyl (C=O) groups excluding carboxylic acids is 4. The second kappa shape index (κ2) is 18.5. The molecule has 3 amide bonds. The molecule has 0 aromatic heterocycles. The molecule has 1 unspecified atom stereocenters. The third kappa shape index (κ3) is 10.1. The zero-order valence-corrected chi connectivity index (χ0v) is 30.9. The number of hydrogen-bond donors (Lipinski definition) is 1. The lowest BCUT2D eigenvalue weighted by Gasteiger charge is -2.36. The summed E-state index contributed by atoms with van der Waals surface area (Å²) in [6.07, 6.45) is 5.50. The minimum Gasteiger partial charge on any atom is -0.455 e. The quantitative estimate of drug-likeness (QED) is 0.215. The summed E-state index contributed by atoms with van der Waals surface area (Å²) in [7, 11) is 3.70. The first-order chi connectivity index (χ1) is 22.8. The Balaban J connectivity index is 1.75. The number of carbonyl (C=O) groups is 4. The molecular formula is C38H61N5O5. The fraction of sp³-hybridized carbons (Fsp3) is 0.684. The van der Waals surface area contributed by atoms with Gasteiger partial charge in [-0.05, 0) is 76.7 Å². The summed E-state index contributed by atoms with van der Waals surface area (Å²) in [5.74, 6) is -1.03. The van der Waals surface area contributed by atoms with E-state index < -0.39 is 18.2 Å². The van der Waals surface area contributed by atoms with Gasteiger partial charge in [0.05, 0.1) is 12.1 Å². The molecule has 0 radical (unpaired) electrons. The maximum Gasteiger partial charge on any atom is 0.329 e. The largest absolute Gasteiger partial charge is 0.455 e. The minimum absolute atomic E-state index is 0.000685. The lowest BCUT2D eigenvalue weighted by Crippen LogP contribution is -2.57. The van der Waals surface area contributed by atoms with Crippen LogP contribution >= 0.6 is 0 Å². The monoisotopic (exact) mass is 667 g/mol. The Hall–Kier alpha value is -3.24. The van der Waals surface area contributed by atoms with Crippen molar-refractivity contribution in [3.63, 3.8) is 0 Å². The molecule has 1 aromatic rings. The average Bonchev–Trinajstić information content (AvgIpc) is 3.57. The molecule has 0 bridgehead atoms. The van der Waals surface area contributed by atoms with Gasteiger partial charge in [-0.2, -0.15) is 0 Å². The molecule has 2 fully saturated rings. The molecule has 2 aliphatic heterocycles. The normalized spacial score (nSPS) is 20.9. The first-order valence-electron chi connectivity index (χ1n) is 18.0. The second-order valence-corrected chi connectivity index (χ2v) is 14.2. The number of nitrogens with one attached hydrogen (secondary N) is 1. The van der Waals surface area contributed by atoms with E-state index in [1.807, 2.05) is 71.2 Å². The van der Waals surface area contributed by atoms with Crippen LogP contribution in [-0.2, 0) is 23.9 Å². The topological polar surface area (TPSA) is 102 Å². The molecule has 10 heteroatoms. The van der Waals surface area contributed by atoms with Gasteiger partial charge in [0.15, 0.2) is 0 Å². The van der Waals surface area contributed by atoms with Gasteiger partial charge in [-0.15, -0.1) is 0 Å². The van der Waals surface area contributed by atoms with Crippen molar-refractivity contribution in [3.05, 3.63) is 47.5 Å². The van der Waals surface area contributed by atoms with E-state index >= 15 is 0 Å². The van der Waals surface area contributed by atoms with Gasteiger partial charge in [-0.25, -0.2) is 4.79 Å². The molecule has 268 valence electrons. The predicted octanol–water partition coefficient (Wildman–Crippen LogP) is 4.66. The molecule has 5 atom stereocenters. The summed E-state index contributed by atoms with van der Waals surface area (Å²) in [6.45, 7) is 17.4. The Kier molecular flexibility index (Phi) is 15.1. The van der Waals surface area contributed by atoms with Gasteiger partial charge in [-0.3, -0.25) is 24.2 Å². The van der Waals surface area contributed by atoms with Crippen LogP contribution in [0.3, 0.4) is 0 Å². The standard InChI is InChI=1S/C38H61N5O5/c1-10-42(11-2)25-33(29-18-13-12-14-19-29)48-38(47)31-21-17-23-43(31)36(45)28(7)24-32(26(3)4)41(9)37(46)34(27(5)6)39-35(44)30-20-15-16-22-40(30)8/h12-14,18-19,24,26-27,30-34H,10-11,15-17,20-23,25H2,1-9H3,(H,39,44)/t30-,31+,32-,33?,34+/m1/s1. The van der Waals surface area contributed by atoms with Gasteiger partial charge in [0, 0.05) is 25.7 Å². The predicted molar refractivity (Wildman–Crippen MR) is 190 cm³/mol. The number of likely N-dealkylation sites (N-methyl/N-ethyl adjacent to an activating group) is 3. The van der Waals surface area contributed by atoms with E-state index in [-0.39, 0.29) is 47.6 Å². The molecule has 2 heterocycles. The summed E-state index contributed by atoms with van der Waals surface area (Å²) >= 11 is 0. The first-order valence-corrected chi connectivity index (χ1v) is 18.0. The molecule has 3 rings (SSSR count). The van der Waals surface area contributed by atoms with Crippen LogP contribution in [0, 0.1) is 11.8 Å². The molecule has 0 aliphatic carbocycles. The van der Waals surface area contributed by atoms with E-state index in [2.05, 4.69) is 29.0 Å². The summed E-state index contributed by atoms with van der Waals surface area (Å²) < 4.78 is 6.15. The van der Waals surface area contributed by atoms with E-state index in [9.17, 15) is 19.2 Å². The Labute approximate surface area is 289 Å². The third-order valence-corrected chi connectivity index (χ3v) is 10.1. The van der Waals surface area contributed by atoms with Crippen molar-refractivity contribution in [2.45, 2.75) is 111 Å². The molecule has 0 saturated carbocycles. The molecule has 10 nitrogen and oxygen atoms in total. The third-order valence-electron chi connectivity index (χ3n) is 10.1. The Bertz CT molecular complexity index is 1250. The van der Waals surface area contributed by atoms with E-state index in [1.165, 1.54) is 0 Å². The SMILES string of the molecule is CCN(CC)CC(OC(=O)[C@@H]1CCCN1C(=O)C(C)=C[C@H](C(C)C)N(C)C(=O)[C@@H](NC(=O)[C@H]1CCCCN1C)C(C)C)c1ccccc1. The number of amides is 3. The van der Waals surface area contributed by atoms with E-state index in [1.54, 1.807) is 23.8 Å². The van der Waals surface area contributed by atoms with Gasteiger partial charge >= 0.3 is 5.97 Å². The van der Waals surface area contributed by atoms with Crippen LogP contribution in [0.2, 0.25) is 0 Å². The fourth-order valence-electron chi connectivity index (χ4n) is 6.91. The highest BCUT2D eigenvalue weighted by molar-refractivity contribution is 5.96. The number of nitrogens with zero attached hydrogens (tertiary/aromatic N) is 4. The van der Waals surface area contributed by atoms with Crippen LogP contribution in [0.25, 0.3) is 0 Å². The number of likely N-dealkylation sites (tertiary alicyclic amines) is 2.